The molecule has 0 radical (unpaired) electrons. The first kappa shape index (κ1) is 12.3. The second kappa shape index (κ2) is 6.67. The van der Waals surface area contributed by atoms with Gasteiger partial charge < -0.3 is 15.5 Å². The Morgan fingerprint density at radius 1 is 1.27 bits per heavy atom. The molecule has 0 aromatic rings. The molecule has 2 amide bonds. The number of quaternary nitrogens is 1. The lowest BCUT2D eigenvalue weighted by molar-refractivity contribution is -0.856. The van der Waals surface area contributed by atoms with Crippen molar-refractivity contribution >= 4 is 6.03 Å². The second-order valence-electron chi connectivity index (χ2n) is 4.69. The number of amides is 2. The highest BCUT2D eigenvalue weighted by Crippen LogP contribution is 2.16. The van der Waals surface area contributed by atoms with Gasteiger partial charge in [0.05, 0.1) is 27.2 Å². The summed E-state index contributed by atoms with van der Waals surface area (Å²) in [5.74, 6) is 0. The Hall–Kier alpha value is -0.770. The van der Waals surface area contributed by atoms with Gasteiger partial charge in [-0.3, -0.25) is 0 Å². The van der Waals surface area contributed by atoms with Crippen LogP contribution in [0, 0.1) is 0 Å². The molecule has 4 heteroatoms. The molecule has 4 nitrogen and oxygen atoms in total. The van der Waals surface area contributed by atoms with Gasteiger partial charge in [-0.25, -0.2) is 4.79 Å². The molecule has 0 saturated heterocycles. The quantitative estimate of drug-likeness (QED) is 0.594. The van der Waals surface area contributed by atoms with Crippen molar-refractivity contribution in [3.05, 3.63) is 0 Å². The molecular formula is C11H24N3O+. The maximum absolute atomic E-state index is 11.5. The number of hydrogen-bond acceptors (Lipinski definition) is 1. The normalized spacial score (nSPS) is 17.8. The molecule has 0 aromatic carbocycles. The summed E-state index contributed by atoms with van der Waals surface area (Å²) in [6.07, 6.45) is 6.13. The van der Waals surface area contributed by atoms with E-state index in [9.17, 15) is 4.79 Å². The minimum absolute atomic E-state index is 0.00292. The molecule has 0 unspecified atom stereocenters. The fraction of sp³-hybridized carbons (Fsp3) is 0.909. The molecule has 1 aliphatic carbocycles. The molecule has 1 saturated carbocycles. The Bertz CT molecular complexity index is 188. The monoisotopic (exact) mass is 214 g/mol. The highest BCUT2D eigenvalue weighted by molar-refractivity contribution is 5.74. The average Bonchev–Trinajstić information content (AvgIpc) is 2.18. The van der Waals surface area contributed by atoms with Gasteiger partial charge in [-0.05, 0) is 12.8 Å². The van der Waals surface area contributed by atoms with Gasteiger partial charge in [0.25, 0.3) is 0 Å². The van der Waals surface area contributed by atoms with Gasteiger partial charge in [0.1, 0.15) is 0 Å². The first-order chi connectivity index (χ1) is 7.18. The fourth-order valence-corrected chi connectivity index (χ4v) is 1.91. The Morgan fingerprint density at radius 2 is 1.93 bits per heavy atom. The van der Waals surface area contributed by atoms with Crippen LogP contribution in [0.15, 0.2) is 0 Å². The second-order valence-corrected chi connectivity index (χ2v) is 4.69. The third-order valence-corrected chi connectivity index (χ3v) is 2.85. The van der Waals surface area contributed by atoms with Gasteiger partial charge in [-0.2, -0.15) is 0 Å². The van der Waals surface area contributed by atoms with E-state index in [2.05, 4.69) is 24.7 Å². The first-order valence-electron chi connectivity index (χ1n) is 6.02. The summed E-state index contributed by atoms with van der Waals surface area (Å²) < 4.78 is 0. The van der Waals surface area contributed by atoms with Gasteiger partial charge in [0.2, 0.25) is 0 Å². The van der Waals surface area contributed by atoms with Crippen LogP contribution in [-0.4, -0.2) is 39.3 Å². The van der Waals surface area contributed by atoms with Crippen LogP contribution in [-0.2, 0) is 0 Å². The Kier molecular flexibility index (Phi) is 5.47. The standard InChI is InChI=1S/C11H23N3O/c1-14(2)9-8-12-11(15)13-10-6-4-3-5-7-10/h10H,3-9H2,1-2H3,(H2,12,13,15)/p+1. The fourth-order valence-electron chi connectivity index (χ4n) is 1.91. The van der Waals surface area contributed by atoms with Gasteiger partial charge in [-0.15, -0.1) is 0 Å². The average molecular weight is 214 g/mol. The molecule has 1 aliphatic rings. The van der Waals surface area contributed by atoms with E-state index >= 15 is 0 Å². The third kappa shape index (κ3) is 5.62. The summed E-state index contributed by atoms with van der Waals surface area (Å²) in [5, 5.41) is 5.92. The lowest BCUT2D eigenvalue weighted by Gasteiger charge is -2.22. The highest BCUT2D eigenvalue weighted by Gasteiger charge is 2.15. The number of carbonyl (C=O) groups is 1. The van der Waals surface area contributed by atoms with Crippen molar-refractivity contribution in [3.8, 4) is 0 Å². The van der Waals surface area contributed by atoms with Gasteiger partial charge in [0, 0.05) is 6.04 Å². The van der Waals surface area contributed by atoms with E-state index in [-0.39, 0.29) is 6.03 Å². The zero-order chi connectivity index (χ0) is 11.1. The van der Waals surface area contributed by atoms with Crippen molar-refractivity contribution < 1.29 is 9.69 Å². The molecule has 1 rings (SSSR count). The smallest absolute Gasteiger partial charge is 0.315 e. The van der Waals surface area contributed by atoms with Gasteiger partial charge in [-0.1, -0.05) is 19.3 Å². The molecule has 0 aromatic heterocycles. The minimum Gasteiger partial charge on any atom is -0.338 e. The van der Waals surface area contributed by atoms with Crippen LogP contribution in [0.3, 0.4) is 0 Å². The van der Waals surface area contributed by atoms with Gasteiger partial charge in [0.15, 0.2) is 0 Å². The molecular weight excluding hydrogens is 190 g/mol. The van der Waals surface area contributed by atoms with E-state index in [1.54, 1.807) is 0 Å². The highest BCUT2D eigenvalue weighted by atomic mass is 16.2. The zero-order valence-electron chi connectivity index (χ0n) is 9.94. The van der Waals surface area contributed by atoms with Crippen LogP contribution in [0.25, 0.3) is 0 Å². The van der Waals surface area contributed by atoms with Crippen LogP contribution >= 0.6 is 0 Å². The molecule has 0 spiro atoms. The van der Waals surface area contributed by atoms with Crippen LogP contribution in [0.1, 0.15) is 32.1 Å². The molecule has 0 bridgehead atoms. The van der Waals surface area contributed by atoms with E-state index in [1.807, 2.05) is 0 Å². The van der Waals surface area contributed by atoms with E-state index in [4.69, 9.17) is 0 Å². The third-order valence-electron chi connectivity index (χ3n) is 2.85. The van der Waals surface area contributed by atoms with Crippen LogP contribution < -0.4 is 15.5 Å². The topological polar surface area (TPSA) is 45.6 Å². The number of likely N-dealkylation sites (N-methyl/N-ethyl adjacent to an activating group) is 1. The molecule has 0 aliphatic heterocycles. The molecule has 88 valence electrons. The Balaban J connectivity index is 2.06. The number of hydrogen-bond donors (Lipinski definition) is 3. The largest absolute Gasteiger partial charge is 0.338 e. The maximum atomic E-state index is 11.5. The molecule has 15 heavy (non-hydrogen) atoms. The Morgan fingerprint density at radius 3 is 2.53 bits per heavy atom. The molecule has 1 fully saturated rings. The van der Waals surface area contributed by atoms with Crippen molar-refractivity contribution in [2.24, 2.45) is 0 Å². The summed E-state index contributed by atoms with van der Waals surface area (Å²) in [6.45, 7) is 1.72. The van der Waals surface area contributed by atoms with Gasteiger partial charge >= 0.3 is 6.03 Å². The van der Waals surface area contributed by atoms with E-state index in [0.717, 1.165) is 25.9 Å². The van der Waals surface area contributed by atoms with Crippen LogP contribution in [0.4, 0.5) is 4.79 Å². The molecule has 0 heterocycles. The summed E-state index contributed by atoms with van der Waals surface area (Å²) >= 11 is 0. The predicted molar refractivity (Wildman–Crippen MR) is 61.1 cm³/mol. The minimum atomic E-state index is 0.00292. The lowest BCUT2D eigenvalue weighted by Crippen LogP contribution is -3.06. The first-order valence-corrected chi connectivity index (χ1v) is 6.02. The summed E-state index contributed by atoms with van der Waals surface area (Å²) in [7, 11) is 4.17. The van der Waals surface area contributed by atoms with Crippen molar-refractivity contribution in [2.75, 3.05) is 27.2 Å². The number of urea groups is 1. The van der Waals surface area contributed by atoms with Crippen LogP contribution in [0.5, 0.6) is 0 Å². The van der Waals surface area contributed by atoms with Crippen molar-refractivity contribution in [2.45, 2.75) is 38.1 Å². The van der Waals surface area contributed by atoms with E-state index in [1.165, 1.54) is 24.2 Å². The number of carbonyl (C=O) groups excluding carboxylic acids is 1. The maximum Gasteiger partial charge on any atom is 0.315 e. The number of nitrogens with one attached hydrogen (secondary N) is 3. The SMILES string of the molecule is C[NH+](C)CCNC(=O)NC1CCCCC1. The molecule has 0 atom stereocenters. The van der Waals surface area contributed by atoms with Crippen molar-refractivity contribution in [1.82, 2.24) is 10.6 Å². The summed E-state index contributed by atoms with van der Waals surface area (Å²) in [5.41, 5.74) is 0. The van der Waals surface area contributed by atoms with Crippen molar-refractivity contribution in [1.29, 1.82) is 0 Å². The summed E-state index contributed by atoms with van der Waals surface area (Å²) in [4.78, 5) is 12.8. The molecule has 3 N–H and O–H groups in total. The Labute approximate surface area is 92.4 Å². The van der Waals surface area contributed by atoms with Crippen molar-refractivity contribution in [3.63, 3.8) is 0 Å². The number of rotatable bonds is 4. The lowest BCUT2D eigenvalue weighted by atomic mass is 9.96. The van der Waals surface area contributed by atoms with E-state index < -0.39 is 0 Å². The zero-order valence-corrected chi connectivity index (χ0v) is 9.94. The van der Waals surface area contributed by atoms with Crippen LogP contribution in [0.2, 0.25) is 0 Å². The predicted octanol–water partition coefficient (Wildman–Crippen LogP) is -0.237. The van der Waals surface area contributed by atoms with E-state index in [0.29, 0.717) is 6.04 Å². The summed E-state index contributed by atoms with van der Waals surface area (Å²) in [6, 6.07) is 0.411.